The van der Waals surface area contributed by atoms with Crippen LogP contribution in [0.25, 0.3) is 0 Å². The summed E-state index contributed by atoms with van der Waals surface area (Å²) in [7, 11) is 0. The predicted octanol–water partition coefficient (Wildman–Crippen LogP) is 3.82. The lowest BCUT2D eigenvalue weighted by Crippen LogP contribution is -2.22. The quantitative estimate of drug-likeness (QED) is 0.897. The Hall–Kier alpha value is -2.08. The van der Waals surface area contributed by atoms with E-state index in [4.69, 9.17) is 16.1 Å². The number of carbonyl (C=O) groups excluding carboxylic acids is 1. The molecular formula is C15H17ClFN3O2. The molecule has 0 aliphatic carbocycles. The van der Waals surface area contributed by atoms with Crippen LogP contribution >= 0.6 is 11.6 Å². The Balaban J connectivity index is 1.92. The van der Waals surface area contributed by atoms with Crippen LogP contribution in [0.5, 0.6) is 0 Å². The van der Waals surface area contributed by atoms with Gasteiger partial charge in [-0.15, -0.1) is 0 Å². The highest BCUT2D eigenvalue weighted by Crippen LogP contribution is 2.23. The van der Waals surface area contributed by atoms with Crippen molar-refractivity contribution in [3.63, 3.8) is 0 Å². The summed E-state index contributed by atoms with van der Waals surface area (Å²) in [6, 6.07) is 5.85. The third-order valence-corrected chi connectivity index (χ3v) is 3.15. The van der Waals surface area contributed by atoms with Gasteiger partial charge in [0.05, 0.1) is 17.9 Å². The SMILES string of the molecule is CC(C)(C)c1cc(NC(=O)CNc2ccc(Cl)cc2F)on1. The number of amides is 1. The van der Waals surface area contributed by atoms with Gasteiger partial charge in [-0.25, -0.2) is 4.39 Å². The molecule has 7 heteroatoms. The van der Waals surface area contributed by atoms with Crippen LogP contribution in [0.3, 0.4) is 0 Å². The fraction of sp³-hybridized carbons (Fsp3) is 0.333. The molecule has 0 radical (unpaired) electrons. The molecule has 1 heterocycles. The van der Waals surface area contributed by atoms with E-state index < -0.39 is 5.82 Å². The van der Waals surface area contributed by atoms with E-state index in [0.717, 1.165) is 5.69 Å². The van der Waals surface area contributed by atoms with Crippen LogP contribution in [0.15, 0.2) is 28.8 Å². The van der Waals surface area contributed by atoms with Crippen molar-refractivity contribution < 1.29 is 13.7 Å². The summed E-state index contributed by atoms with van der Waals surface area (Å²) in [4.78, 5) is 11.8. The molecule has 0 aliphatic rings. The molecule has 2 aromatic rings. The summed E-state index contributed by atoms with van der Waals surface area (Å²) in [6.45, 7) is 5.86. The van der Waals surface area contributed by atoms with Crippen LogP contribution in [0.4, 0.5) is 16.0 Å². The molecule has 1 aromatic carbocycles. The van der Waals surface area contributed by atoms with Crippen molar-refractivity contribution in [3.05, 3.63) is 40.8 Å². The van der Waals surface area contributed by atoms with Crippen LogP contribution in [0.1, 0.15) is 26.5 Å². The Labute approximate surface area is 132 Å². The number of nitrogens with one attached hydrogen (secondary N) is 2. The van der Waals surface area contributed by atoms with Crippen molar-refractivity contribution in [1.82, 2.24) is 5.16 Å². The summed E-state index contributed by atoms with van der Waals surface area (Å²) in [5.74, 6) is -0.630. The fourth-order valence-corrected chi connectivity index (χ4v) is 1.84. The smallest absolute Gasteiger partial charge is 0.246 e. The molecule has 0 saturated carbocycles. The summed E-state index contributed by atoms with van der Waals surface area (Å²) < 4.78 is 18.6. The molecule has 0 bridgehead atoms. The third kappa shape index (κ3) is 4.21. The van der Waals surface area contributed by atoms with E-state index >= 15 is 0 Å². The Bertz CT molecular complexity index is 680. The first-order valence-corrected chi connectivity index (χ1v) is 7.09. The number of halogens is 2. The van der Waals surface area contributed by atoms with E-state index in [1.165, 1.54) is 18.2 Å². The van der Waals surface area contributed by atoms with E-state index in [1.807, 2.05) is 20.8 Å². The average Bonchev–Trinajstić information content (AvgIpc) is 2.86. The molecule has 0 saturated heterocycles. The minimum Gasteiger partial charge on any atom is -0.374 e. The molecule has 0 atom stereocenters. The van der Waals surface area contributed by atoms with Gasteiger partial charge in [0.2, 0.25) is 11.8 Å². The molecule has 0 aliphatic heterocycles. The van der Waals surface area contributed by atoms with E-state index in [0.29, 0.717) is 5.02 Å². The Morgan fingerprint density at radius 2 is 2.09 bits per heavy atom. The highest BCUT2D eigenvalue weighted by molar-refractivity contribution is 6.30. The van der Waals surface area contributed by atoms with Crippen LogP contribution in [-0.2, 0) is 10.2 Å². The van der Waals surface area contributed by atoms with Crippen LogP contribution < -0.4 is 10.6 Å². The maximum Gasteiger partial charge on any atom is 0.246 e. The third-order valence-electron chi connectivity index (χ3n) is 2.91. The van der Waals surface area contributed by atoms with Gasteiger partial charge < -0.3 is 9.84 Å². The van der Waals surface area contributed by atoms with Gasteiger partial charge >= 0.3 is 0 Å². The second-order valence-corrected chi connectivity index (χ2v) is 6.29. The standard InChI is InChI=1S/C15H17ClFN3O2/c1-15(2,3)12-7-14(22-20-12)19-13(21)8-18-11-5-4-9(16)6-10(11)17/h4-7,18H,8H2,1-3H3,(H,19,21). The zero-order chi connectivity index (χ0) is 16.3. The van der Waals surface area contributed by atoms with Gasteiger partial charge in [-0.2, -0.15) is 0 Å². The minimum atomic E-state index is -0.519. The largest absolute Gasteiger partial charge is 0.374 e. The molecular weight excluding hydrogens is 309 g/mol. The van der Waals surface area contributed by atoms with Crippen LogP contribution in [0, 0.1) is 5.82 Å². The molecule has 5 nitrogen and oxygen atoms in total. The molecule has 0 spiro atoms. The van der Waals surface area contributed by atoms with Gasteiger partial charge in [-0.05, 0) is 18.2 Å². The summed E-state index contributed by atoms with van der Waals surface area (Å²) in [6.07, 6.45) is 0. The number of aromatic nitrogens is 1. The lowest BCUT2D eigenvalue weighted by atomic mass is 9.92. The van der Waals surface area contributed by atoms with Crippen molar-refractivity contribution in [3.8, 4) is 0 Å². The zero-order valence-corrected chi connectivity index (χ0v) is 13.3. The number of nitrogens with zero attached hydrogens (tertiary/aromatic N) is 1. The van der Waals surface area contributed by atoms with E-state index in [2.05, 4.69) is 15.8 Å². The highest BCUT2D eigenvalue weighted by atomic mass is 35.5. The molecule has 1 aromatic heterocycles. The summed E-state index contributed by atoms with van der Waals surface area (Å²) in [5, 5.41) is 9.44. The molecule has 22 heavy (non-hydrogen) atoms. The van der Waals surface area contributed by atoms with E-state index in [1.54, 1.807) is 6.07 Å². The van der Waals surface area contributed by atoms with Crippen molar-refractivity contribution in [2.75, 3.05) is 17.2 Å². The molecule has 2 N–H and O–H groups in total. The zero-order valence-electron chi connectivity index (χ0n) is 12.5. The van der Waals surface area contributed by atoms with E-state index in [9.17, 15) is 9.18 Å². The first kappa shape index (κ1) is 16.3. The van der Waals surface area contributed by atoms with Crippen molar-refractivity contribution >= 4 is 29.1 Å². The van der Waals surface area contributed by atoms with Gasteiger partial charge in [0.15, 0.2) is 0 Å². The normalized spacial score (nSPS) is 11.3. The maximum atomic E-state index is 13.6. The summed E-state index contributed by atoms with van der Waals surface area (Å²) in [5.41, 5.74) is 0.768. The monoisotopic (exact) mass is 325 g/mol. The van der Waals surface area contributed by atoms with Crippen molar-refractivity contribution in [2.24, 2.45) is 0 Å². The first-order chi connectivity index (χ1) is 10.3. The topological polar surface area (TPSA) is 67.2 Å². The number of benzene rings is 1. The Kier molecular flexibility index (Phi) is 4.71. The maximum absolute atomic E-state index is 13.6. The lowest BCUT2D eigenvalue weighted by molar-refractivity contribution is -0.114. The highest BCUT2D eigenvalue weighted by Gasteiger charge is 2.19. The number of carbonyl (C=O) groups is 1. The minimum absolute atomic E-state index is 0.107. The van der Waals surface area contributed by atoms with Gasteiger partial charge in [0.25, 0.3) is 0 Å². The second kappa shape index (κ2) is 6.36. The second-order valence-electron chi connectivity index (χ2n) is 5.85. The van der Waals surface area contributed by atoms with Crippen molar-refractivity contribution in [1.29, 1.82) is 0 Å². The van der Waals surface area contributed by atoms with Gasteiger partial charge in [0.1, 0.15) is 5.82 Å². The van der Waals surface area contributed by atoms with Crippen LogP contribution in [-0.4, -0.2) is 17.6 Å². The molecule has 1 amide bonds. The summed E-state index contributed by atoms with van der Waals surface area (Å²) >= 11 is 5.66. The number of hydrogen-bond acceptors (Lipinski definition) is 4. The molecule has 118 valence electrons. The van der Waals surface area contributed by atoms with Gasteiger partial charge in [-0.3, -0.25) is 10.1 Å². The Morgan fingerprint density at radius 3 is 2.68 bits per heavy atom. The average molecular weight is 326 g/mol. The predicted molar refractivity (Wildman–Crippen MR) is 83.7 cm³/mol. The number of anilines is 2. The van der Waals surface area contributed by atoms with Gasteiger partial charge in [0, 0.05) is 16.5 Å². The molecule has 2 rings (SSSR count). The van der Waals surface area contributed by atoms with Crippen molar-refractivity contribution in [2.45, 2.75) is 26.2 Å². The first-order valence-electron chi connectivity index (χ1n) is 6.71. The van der Waals surface area contributed by atoms with Crippen LogP contribution in [0.2, 0.25) is 5.02 Å². The lowest BCUT2D eigenvalue weighted by Gasteiger charge is -2.12. The number of rotatable bonds is 4. The fourth-order valence-electron chi connectivity index (χ4n) is 1.68. The van der Waals surface area contributed by atoms with E-state index in [-0.39, 0.29) is 29.4 Å². The van der Waals surface area contributed by atoms with Gasteiger partial charge in [-0.1, -0.05) is 37.5 Å². The number of hydrogen-bond donors (Lipinski definition) is 2. The molecule has 0 fully saturated rings. The molecule has 0 unspecified atom stereocenters. The Morgan fingerprint density at radius 1 is 1.36 bits per heavy atom.